The molecule has 0 aliphatic carbocycles. The van der Waals surface area contributed by atoms with Crippen LogP contribution in [0.2, 0.25) is 0 Å². The van der Waals surface area contributed by atoms with Crippen molar-refractivity contribution in [1.82, 2.24) is 0 Å². The fraction of sp³-hybridized carbons (Fsp3) is 1.00. The van der Waals surface area contributed by atoms with Gasteiger partial charge in [0.15, 0.2) is 0 Å². The molecular weight excluding hydrogens is 237 g/mol. The Morgan fingerprint density at radius 2 is 1.25 bits per heavy atom. The standard InChI is InChI=1S/C10H23NO3S.Na.H/c11-9-7-5-3-1-2-4-6-8-10-15(12,13)14;;/h1-11H2,(H,12,13,14);;/q;+1;-1. The maximum Gasteiger partial charge on any atom is 1.00 e. The number of hydrogen-bond donors (Lipinski definition) is 2. The molecule has 0 saturated carbocycles. The van der Waals surface area contributed by atoms with Crippen LogP contribution in [0.1, 0.15) is 52.8 Å². The predicted octanol–water partition coefficient (Wildman–Crippen LogP) is -0.930. The van der Waals surface area contributed by atoms with E-state index in [2.05, 4.69) is 0 Å². The monoisotopic (exact) mass is 261 g/mol. The molecule has 0 rings (SSSR count). The van der Waals surface area contributed by atoms with Crippen LogP contribution in [0.15, 0.2) is 0 Å². The van der Waals surface area contributed by atoms with E-state index in [1.54, 1.807) is 0 Å². The SMILES string of the molecule is NCCCCCCCCCCS(=O)(=O)O.[H-].[Na+]. The van der Waals surface area contributed by atoms with Gasteiger partial charge in [0.25, 0.3) is 10.1 Å². The van der Waals surface area contributed by atoms with Gasteiger partial charge in [-0.05, 0) is 19.4 Å². The van der Waals surface area contributed by atoms with Gasteiger partial charge in [0, 0.05) is 0 Å². The van der Waals surface area contributed by atoms with E-state index in [9.17, 15) is 8.42 Å². The zero-order valence-corrected chi connectivity index (χ0v) is 13.1. The van der Waals surface area contributed by atoms with Crippen LogP contribution >= 0.6 is 0 Å². The summed E-state index contributed by atoms with van der Waals surface area (Å²) in [5.74, 6) is -0.0971. The molecule has 0 spiro atoms. The van der Waals surface area contributed by atoms with Gasteiger partial charge in [0.05, 0.1) is 5.75 Å². The van der Waals surface area contributed by atoms with Gasteiger partial charge >= 0.3 is 29.6 Å². The number of rotatable bonds is 10. The van der Waals surface area contributed by atoms with E-state index in [-0.39, 0.29) is 36.7 Å². The van der Waals surface area contributed by atoms with Crippen molar-refractivity contribution in [2.75, 3.05) is 12.3 Å². The zero-order valence-electron chi connectivity index (χ0n) is 11.3. The van der Waals surface area contributed by atoms with Crippen LogP contribution in [0, 0.1) is 0 Å². The van der Waals surface area contributed by atoms with Gasteiger partial charge in [-0.2, -0.15) is 8.42 Å². The number of nitrogens with two attached hydrogens (primary N) is 1. The van der Waals surface area contributed by atoms with Crippen molar-refractivity contribution < 1.29 is 44.0 Å². The molecule has 0 amide bonds. The van der Waals surface area contributed by atoms with Crippen LogP contribution in [0.5, 0.6) is 0 Å². The van der Waals surface area contributed by atoms with Crippen LogP contribution in [-0.2, 0) is 10.1 Å². The second-order valence-electron chi connectivity index (χ2n) is 3.90. The first kappa shape index (κ1) is 19.2. The second kappa shape index (κ2) is 12.3. The van der Waals surface area contributed by atoms with Gasteiger partial charge in [-0.3, -0.25) is 4.55 Å². The maximum atomic E-state index is 10.4. The van der Waals surface area contributed by atoms with E-state index in [0.29, 0.717) is 6.42 Å². The molecule has 0 heterocycles. The van der Waals surface area contributed by atoms with Crippen molar-refractivity contribution in [3.8, 4) is 0 Å². The molecule has 0 aliphatic heterocycles. The molecule has 0 radical (unpaired) electrons. The van der Waals surface area contributed by atoms with Crippen LogP contribution in [0.4, 0.5) is 0 Å². The Morgan fingerprint density at radius 3 is 1.62 bits per heavy atom. The van der Waals surface area contributed by atoms with Gasteiger partial charge in [-0.15, -0.1) is 0 Å². The molecule has 6 heteroatoms. The average Bonchev–Trinajstić information content (AvgIpc) is 2.14. The molecule has 0 saturated heterocycles. The summed E-state index contributed by atoms with van der Waals surface area (Å²) < 4.78 is 29.2. The first-order chi connectivity index (χ1) is 7.06. The second-order valence-corrected chi connectivity index (χ2v) is 5.48. The van der Waals surface area contributed by atoms with Crippen molar-refractivity contribution in [2.24, 2.45) is 5.73 Å². The molecule has 0 unspecified atom stereocenters. The van der Waals surface area contributed by atoms with Crippen molar-refractivity contribution >= 4 is 10.1 Å². The third kappa shape index (κ3) is 17.3. The Morgan fingerprint density at radius 1 is 0.875 bits per heavy atom. The third-order valence-corrected chi connectivity index (χ3v) is 3.16. The average molecular weight is 261 g/mol. The first-order valence-electron chi connectivity index (χ1n) is 5.71. The zero-order chi connectivity index (χ0) is 11.6. The quantitative estimate of drug-likeness (QED) is 0.302. The Balaban J connectivity index is -0.000000980. The molecule has 0 aliphatic rings. The van der Waals surface area contributed by atoms with Crippen LogP contribution in [-0.4, -0.2) is 25.3 Å². The normalized spacial score (nSPS) is 11.1. The Bertz CT molecular complexity index is 238. The molecule has 94 valence electrons. The molecular formula is C10H24NNaO3S. The Hall–Kier alpha value is 0.870. The van der Waals surface area contributed by atoms with E-state index in [4.69, 9.17) is 10.3 Å². The topological polar surface area (TPSA) is 80.4 Å². The van der Waals surface area contributed by atoms with E-state index < -0.39 is 10.1 Å². The summed E-state index contributed by atoms with van der Waals surface area (Å²) in [6.45, 7) is 0.772. The largest absolute Gasteiger partial charge is 1.00 e. The molecule has 0 bridgehead atoms. The van der Waals surface area contributed by atoms with Crippen LogP contribution in [0.3, 0.4) is 0 Å². The summed E-state index contributed by atoms with van der Waals surface area (Å²) in [5.41, 5.74) is 5.37. The number of unbranched alkanes of at least 4 members (excludes halogenated alkanes) is 7. The van der Waals surface area contributed by atoms with E-state index >= 15 is 0 Å². The van der Waals surface area contributed by atoms with E-state index in [1.165, 1.54) is 19.3 Å². The van der Waals surface area contributed by atoms with Crippen molar-refractivity contribution in [3.63, 3.8) is 0 Å². The van der Waals surface area contributed by atoms with Crippen molar-refractivity contribution in [1.29, 1.82) is 0 Å². The van der Waals surface area contributed by atoms with Crippen LogP contribution < -0.4 is 35.3 Å². The fourth-order valence-corrected chi connectivity index (χ4v) is 2.06. The Kier molecular flexibility index (Phi) is 14.8. The van der Waals surface area contributed by atoms with Crippen LogP contribution in [0.25, 0.3) is 0 Å². The molecule has 0 atom stereocenters. The van der Waals surface area contributed by atoms with Gasteiger partial charge in [0.1, 0.15) is 0 Å². The maximum absolute atomic E-state index is 10.4. The van der Waals surface area contributed by atoms with Gasteiger partial charge in [0.2, 0.25) is 0 Å². The summed E-state index contributed by atoms with van der Waals surface area (Å²) in [6.07, 6.45) is 8.37. The molecule has 0 aromatic rings. The third-order valence-electron chi connectivity index (χ3n) is 2.36. The minimum atomic E-state index is -3.74. The van der Waals surface area contributed by atoms with E-state index in [1.807, 2.05) is 0 Å². The van der Waals surface area contributed by atoms with Gasteiger partial charge in [-0.1, -0.05) is 38.5 Å². The number of hydrogen-bond acceptors (Lipinski definition) is 3. The van der Waals surface area contributed by atoms with Gasteiger partial charge < -0.3 is 7.16 Å². The predicted molar refractivity (Wildman–Crippen MR) is 63.5 cm³/mol. The summed E-state index contributed by atoms with van der Waals surface area (Å²) in [5, 5.41) is 0. The summed E-state index contributed by atoms with van der Waals surface area (Å²) in [6, 6.07) is 0. The molecule has 3 N–H and O–H groups in total. The van der Waals surface area contributed by atoms with Crippen molar-refractivity contribution in [3.05, 3.63) is 0 Å². The smallest absolute Gasteiger partial charge is 1.00 e. The summed E-state index contributed by atoms with van der Waals surface area (Å²) >= 11 is 0. The molecule has 0 aromatic carbocycles. The minimum absolute atomic E-state index is 0. The molecule has 4 nitrogen and oxygen atoms in total. The fourth-order valence-electron chi connectivity index (χ4n) is 1.49. The Labute approximate surface area is 123 Å². The van der Waals surface area contributed by atoms with E-state index in [0.717, 1.165) is 32.2 Å². The summed E-state index contributed by atoms with van der Waals surface area (Å²) in [4.78, 5) is 0. The molecule has 0 fully saturated rings. The van der Waals surface area contributed by atoms with Crippen molar-refractivity contribution in [2.45, 2.75) is 51.4 Å². The molecule has 16 heavy (non-hydrogen) atoms. The molecule has 0 aromatic heterocycles. The van der Waals surface area contributed by atoms with Gasteiger partial charge in [-0.25, -0.2) is 0 Å². The summed E-state index contributed by atoms with van der Waals surface area (Å²) in [7, 11) is -3.74. The minimum Gasteiger partial charge on any atom is -1.00 e. The first-order valence-corrected chi connectivity index (χ1v) is 7.32.